The van der Waals surface area contributed by atoms with E-state index in [2.05, 4.69) is 10.8 Å². The van der Waals surface area contributed by atoms with Crippen LogP contribution >= 0.6 is 0 Å². The van der Waals surface area contributed by atoms with Crippen molar-refractivity contribution in [3.63, 3.8) is 0 Å². The first-order valence-electron chi connectivity index (χ1n) is 9.73. The third-order valence-corrected chi connectivity index (χ3v) is 6.27. The van der Waals surface area contributed by atoms with Crippen molar-refractivity contribution in [1.29, 1.82) is 5.26 Å². The van der Waals surface area contributed by atoms with E-state index in [-0.39, 0.29) is 22.2 Å². The second kappa shape index (κ2) is 9.50. The first-order valence-corrected chi connectivity index (χ1v) is 11.2. The molecule has 0 saturated carbocycles. The topological polar surface area (TPSA) is 133 Å². The molecule has 168 valence electrons. The van der Waals surface area contributed by atoms with Gasteiger partial charge in [-0.2, -0.15) is 5.26 Å². The maximum absolute atomic E-state index is 12.7. The summed E-state index contributed by atoms with van der Waals surface area (Å²) >= 11 is 0. The molecule has 3 rings (SSSR count). The van der Waals surface area contributed by atoms with Gasteiger partial charge in [0, 0.05) is 36.5 Å². The minimum absolute atomic E-state index is 0.208. The summed E-state index contributed by atoms with van der Waals surface area (Å²) in [5.41, 5.74) is 1.93. The fourth-order valence-corrected chi connectivity index (χ4v) is 4.23. The van der Waals surface area contributed by atoms with Crippen molar-refractivity contribution < 1.29 is 18.1 Å². The molecule has 0 atom stereocenters. The summed E-state index contributed by atoms with van der Waals surface area (Å²) in [6.45, 7) is 1.82. The Balaban J connectivity index is 1.73. The number of carbonyl (C=O) groups is 1. The number of nitrogens with zero attached hydrogens (tertiary/aromatic N) is 3. The number of hydrogen-bond donors (Lipinski definition) is 1. The van der Waals surface area contributed by atoms with Gasteiger partial charge in [0.1, 0.15) is 0 Å². The Labute approximate surface area is 191 Å². The molecule has 0 unspecified atom stereocenters. The van der Waals surface area contributed by atoms with Crippen LogP contribution in [0.3, 0.4) is 0 Å². The molecule has 3 aromatic carbocycles. The van der Waals surface area contributed by atoms with E-state index < -0.39 is 14.9 Å². The normalized spacial score (nSPS) is 10.8. The summed E-state index contributed by atoms with van der Waals surface area (Å²) in [5.74, 6) is -0.277. The highest BCUT2D eigenvalue weighted by atomic mass is 32.2. The van der Waals surface area contributed by atoms with E-state index in [1.807, 2.05) is 6.07 Å². The molecule has 1 amide bonds. The van der Waals surface area contributed by atoms with Crippen molar-refractivity contribution >= 4 is 27.3 Å². The lowest BCUT2D eigenvalue weighted by molar-refractivity contribution is -0.385. The average molecular weight is 465 g/mol. The first kappa shape index (κ1) is 23.4. The molecular weight excluding hydrogens is 444 g/mol. The number of hydrogen-bond acceptors (Lipinski definition) is 6. The van der Waals surface area contributed by atoms with Gasteiger partial charge in [-0.3, -0.25) is 19.6 Å². The van der Waals surface area contributed by atoms with Crippen molar-refractivity contribution in [2.24, 2.45) is 0 Å². The molecule has 0 bridgehead atoms. The van der Waals surface area contributed by atoms with Gasteiger partial charge in [-0.15, -0.1) is 0 Å². The maximum atomic E-state index is 12.7. The van der Waals surface area contributed by atoms with Crippen LogP contribution in [0, 0.1) is 28.4 Å². The molecule has 33 heavy (non-hydrogen) atoms. The predicted octanol–water partition coefficient (Wildman–Crippen LogP) is 3.85. The summed E-state index contributed by atoms with van der Waals surface area (Å²) < 4.78 is 27.6. The third-order valence-electron chi connectivity index (χ3n) is 4.89. The van der Waals surface area contributed by atoms with E-state index in [1.165, 1.54) is 48.2 Å². The van der Waals surface area contributed by atoms with Gasteiger partial charge in [-0.25, -0.2) is 8.42 Å². The van der Waals surface area contributed by atoms with E-state index in [1.54, 1.807) is 25.2 Å². The van der Waals surface area contributed by atoms with Crippen LogP contribution in [0.25, 0.3) is 0 Å². The number of benzene rings is 3. The minimum atomic E-state index is -4.06. The molecule has 0 radical (unpaired) electrons. The zero-order chi connectivity index (χ0) is 24.2. The summed E-state index contributed by atoms with van der Waals surface area (Å²) in [7, 11) is -2.43. The lowest BCUT2D eigenvalue weighted by Gasteiger charge is -2.18. The van der Waals surface area contributed by atoms with Gasteiger partial charge < -0.3 is 4.90 Å². The Hall–Kier alpha value is -4.23. The number of nitrogens with one attached hydrogen (secondary N) is 1. The Morgan fingerprint density at radius 1 is 1.12 bits per heavy atom. The number of sulfonamides is 1. The van der Waals surface area contributed by atoms with E-state index in [0.29, 0.717) is 23.2 Å². The van der Waals surface area contributed by atoms with Crippen molar-refractivity contribution in [3.05, 3.63) is 99.1 Å². The highest BCUT2D eigenvalue weighted by molar-refractivity contribution is 7.92. The average Bonchev–Trinajstić information content (AvgIpc) is 2.79. The quantitative estimate of drug-likeness (QED) is 0.417. The molecule has 0 aliphatic rings. The molecule has 0 aromatic heterocycles. The Bertz CT molecular complexity index is 1360. The zero-order valence-electron chi connectivity index (χ0n) is 17.8. The van der Waals surface area contributed by atoms with Crippen molar-refractivity contribution in [2.75, 3.05) is 11.8 Å². The number of nitro groups is 1. The van der Waals surface area contributed by atoms with E-state index in [0.717, 1.165) is 11.6 Å². The molecule has 3 aromatic rings. The summed E-state index contributed by atoms with van der Waals surface area (Å²) in [6.07, 6.45) is 0. The van der Waals surface area contributed by atoms with Crippen LogP contribution in [0.1, 0.15) is 27.0 Å². The van der Waals surface area contributed by atoms with Gasteiger partial charge >= 0.3 is 0 Å². The van der Waals surface area contributed by atoms with Crippen LogP contribution in [0.2, 0.25) is 0 Å². The second-order valence-corrected chi connectivity index (χ2v) is 9.04. The Morgan fingerprint density at radius 2 is 1.82 bits per heavy atom. The maximum Gasteiger partial charge on any atom is 0.273 e. The van der Waals surface area contributed by atoms with Crippen LogP contribution in [0.5, 0.6) is 0 Å². The van der Waals surface area contributed by atoms with Gasteiger partial charge in [-0.1, -0.05) is 18.2 Å². The number of anilines is 1. The Kier molecular flexibility index (Phi) is 6.75. The van der Waals surface area contributed by atoms with Gasteiger partial charge in [-0.05, 0) is 55.0 Å². The lowest BCUT2D eigenvalue weighted by Crippen LogP contribution is -2.26. The molecule has 0 aliphatic heterocycles. The van der Waals surface area contributed by atoms with Crippen LogP contribution < -0.4 is 4.72 Å². The molecule has 1 N–H and O–H groups in total. The van der Waals surface area contributed by atoms with Gasteiger partial charge in [0.25, 0.3) is 21.6 Å². The van der Waals surface area contributed by atoms with Crippen LogP contribution in [-0.2, 0) is 16.6 Å². The van der Waals surface area contributed by atoms with E-state index in [4.69, 9.17) is 5.26 Å². The number of nitriles is 1. The molecule has 0 heterocycles. The van der Waals surface area contributed by atoms with Crippen molar-refractivity contribution in [1.82, 2.24) is 4.90 Å². The monoisotopic (exact) mass is 464 g/mol. The lowest BCUT2D eigenvalue weighted by atomic mass is 10.1. The number of aryl methyl sites for hydroxylation is 1. The van der Waals surface area contributed by atoms with Gasteiger partial charge in [0.15, 0.2) is 0 Å². The summed E-state index contributed by atoms with van der Waals surface area (Å²) in [6, 6.07) is 18.5. The predicted molar refractivity (Wildman–Crippen MR) is 122 cm³/mol. The summed E-state index contributed by atoms with van der Waals surface area (Å²) in [4.78, 5) is 24.4. The SMILES string of the molecule is Cc1ccc(S(=O)(=O)Nc2ccc(C(=O)N(C)Cc3cccc(C#N)c3)cc2)cc1[N+](=O)[O-]. The molecule has 0 fully saturated rings. The summed E-state index contributed by atoms with van der Waals surface area (Å²) in [5, 5.41) is 20.1. The molecule has 0 spiro atoms. The third kappa shape index (κ3) is 5.53. The van der Waals surface area contributed by atoms with Gasteiger partial charge in [0.05, 0.1) is 21.5 Å². The van der Waals surface area contributed by atoms with Crippen LogP contribution in [0.4, 0.5) is 11.4 Å². The number of nitro benzene ring substituents is 1. The van der Waals surface area contributed by atoms with Crippen molar-refractivity contribution in [3.8, 4) is 6.07 Å². The number of amides is 1. The molecule has 9 nitrogen and oxygen atoms in total. The fourth-order valence-electron chi connectivity index (χ4n) is 3.15. The number of rotatable bonds is 7. The highest BCUT2D eigenvalue weighted by Gasteiger charge is 2.20. The second-order valence-electron chi connectivity index (χ2n) is 7.36. The fraction of sp³-hybridized carbons (Fsp3) is 0.130. The first-order chi connectivity index (χ1) is 15.6. The zero-order valence-corrected chi connectivity index (χ0v) is 18.7. The Morgan fingerprint density at radius 3 is 2.45 bits per heavy atom. The van der Waals surface area contributed by atoms with E-state index >= 15 is 0 Å². The molecule has 10 heteroatoms. The highest BCUT2D eigenvalue weighted by Crippen LogP contribution is 2.24. The van der Waals surface area contributed by atoms with Crippen LogP contribution in [0.15, 0.2) is 71.6 Å². The molecule has 0 saturated heterocycles. The van der Waals surface area contributed by atoms with Crippen molar-refractivity contribution in [2.45, 2.75) is 18.4 Å². The minimum Gasteiger partial charge on any atom is -0.337 e. The van der Waals surface area contributed by atoms with Gasteiger partial charge in [0.2, 0.25) is 0 Å². The number of carbonyl (C=O) groups excluding carboxylic acids is 1. The molecular formula is C23H20N4O5S. The largest absolute Gasteiger partial charge is 0.337 e. The smallest absolute Gasteiger partial charge is 0.273 e. The van der Waals surface area contributed by atoms with Crippen LogP contribution in [-0.4, -0.2) is 31.2 Å². The van der Waals surface area contributed by atoms with E-state index in [9.17, 15) is 23.3 Å². The molecule has 0 aliphatic carbocycles. The standard InChI is InChI=1S/C23H20N4O5S/c1-16-6-11-21(13-22(16)27(29)30)33(31,32)25-20-9-7-19(8-10-20)23(28)26(2)15-18-5-3-4-17(12-18)14-24/h3-13,25H,15H2,1-2H3.